The van der Waals surface area contributed by atoms with Gasteiger partial charge in [-0.15, -0.1) is 0 Å². The van der Waals surface area contributed by atoms with Crippen molar-refractivity contribution in [2.45, 2.75) is 69.9 Å². The first-order valence-electron chi connectivity index (χ1n) is 10.8. The molecule has 0 aromatic heterocycles. The molecule has 27 heavy (non-hydrogen) atoms. The number of fused-ring (bicyclic) bond motifs is 2. The Labute approximate surface area is 164 Å². The number of nitriles is 1. The van der Waals surface area contributed by atoms with E-state index < -0.39 is 5.41 Å². The lowest BCUT2D eigenvalue weighted by Crippen LogP contribution is -2.44. The summed E-state index contributed by atoms with van der Waals surface area (Å²) in [7, 11) is 0. The van der Waals surface area contributed by atoms with Crippen LogP contribution in [-0.4, -0.2) is 23.5 Å². The van der Waals surface area contributed by atoms with Crippen LogP contribution in [0.15, 0.2) is 54.1 Å². The molecule has 4 rings (SSSR count). The van der Waals surface area contributed by atoms with Crippen LogP contribution < -0.4 is 0 Å². The second-order valence-electron chi connectivity index (χ2n) is 8.87. The molecule has 2 fully saturated rings. The minimum atomic E-state index is -0.504. The zero-order chi connectivity index (χ0) is 18.9. The molecular formula is C25H32N2. The Bertz CT molecular complexity index is 742. The van der Waals surface area contributed by atoms with Gasteiger partial charge in [0.05, 0.1) is 6.07 Å². The summed E-state index contributed by atoms with van der Waals surface area (Å²) in [5.74, 6) is 1.21. The predicted octanol–water partition coefficient (Wildman–Crippen LogP) is 5.62. The summed E-state index contributed by atoms with van der Waals surface area (Å²) in [6.45, 7) is 5.72. The summed E-state index contributed by atoms with van der Waals surface area (Å²) in [4.78, 5) is 2.72. The standard InChI is InChI=1S/C25H32N2/c1-3-27-23-13-14-24(27)16-20(15-23)17-25(18-26,21-7-5-4-6-8-21)22-11-9-19(2)10-12-22/h4-9,11-12,19-20,23-24H,3,10,13-17H2,1-2H3/t19-,20?,23-,24+,25?/m0/s1. The summed E-state index contributed by atoms with van der Waals surface area (Å²) in [5, 5.41) is 10.5. The van der Waals surface area contributed by atoms with Gasteiger partial charge in [0.1, 0.15) is 5.41 Å². The van der Waals surface area contributed by atoms with Gasteiger partial charge < -0.3 is 0 Å². The Morgan fingerprint density at radius 2 is 1.85 bits per heavy atom. The monoisotopic (exact) mass is 360 g/mol. The van der Waals surface area contributed by atoms with E-state index in [9.17, 15) is 5.26 Å². The minimum Gasteiger partial charge on any atom is -0.298 e. The van der Waals surface area contributed by atoms with Crippen molar-refractivity contribution in [3.8, 4) is 6.07 Å². The quantitative estimate of drug-likeness (QED) is 0.681. The number of hydrogen-bond acceptors (Lipinski definition) is 2. The molecule has 142 valence electrons. The molecule has 2 unspecified atom stereocenters. The molecule has 1 aromatic rings. The molecule has 0 N–H and O–H groups in total. The van der Waals surface area contributed by atoms with Crippen molar-refractivity contribution in [3.05, 3.63) is 59.7 Å². The lowest BCUT2D eigenvalue weighted by atomic mass is 9.66. The van der Waals surface area contributed by atoms with Crippen LogP contribution in [0.1, 0.15) is 57.9 Å². The van der Waals surface area contributed by atoms with E-state index in [1.165, 1.54) is 43.4 Å². The van der Waals surface area contributed by atoms with Gasteiger partial charge in [-0.25, -0.2) is 0 Å². The Balaban J connectivity index is 1.65. The number of allylic oxidation sites excluding steroid dienone is 4. The number of hydrogen-bond donors (Lipinski definition) is 0. The third-order valence-corrected chi connectivity index (χ3v) is 7.21. The number of rotatable bonds is 5. The fourth-order valence-corrected chi connectivity index (χ4v) is 5.85. The SMILES string of the molecule is CCN1[C@@H]2CC[C@H]1CC(CC(C#N)(C1=CC[C@@H](C)C=C1)c1ccccc1)C2. The molecule has 2 heteroatoms. The minimum absolute atomic E-state index is 0.504. The number of nitrogens with zero attached hydrogens (tertiary/aromatic N) is 2. The van der Waals surface area contributed by atoms with Crippen molar-refractivity contribution in [2.75, 3.05) is 6.54 Å². The summed E-state index contributed by atoms with van der Waals surface area (Å²) in [6, 6.07) is 14.8. The summed E-state index contributed by atoms with van der Waals surface area (Å²) in [5.41, 5.74) is 1.89. The summed E-state index contributed by atoms with van der Waals surface area (Å²) >= 11 is 0. The molecule has 2 nitrogen and oxygen atoms in total. The lowest BCUT2D eigenvalue weighted by molar-refractivity contribution is 0.101. The van der Waals surface area contributed by atoms with E-state index in [0.29, 0.717) is 11.8 Å². The second-order valence-corrected chi connectivity index (χ2v) is 8.87. The summed E-state index contributed by atoms with van der Waals surface area (Å²) in [6.07, 6.45) is 14.1. The zero-order valence-corrected chi connectivity index (χ0v) is 16.8. The van der Waals surface area contributed by atoms with Crippen LogP contribution >= 0.6 is 0 Å². The highest BCUT2D eigenvalue weighted by Gasteiger charge is 2.44. The van der Waals surface area contributed by atoms with Crippen LogP contribution in [0.25, 0.3) is 0 Å². The van der Waals surface area contributed by atoms with E-state index in [-0.39, 0.29) is 0 Å². The molecule has 0 spiro atoms. The molecule has 0 saturated carbocycles. The van der Waals surface area contributed by atoms with Crippen molar-refractivity contribution in [1.82, 2.24) is 4.90 Å². The Hall–Kier alpha value is -1.85. The van der Waals surface area contributed by atoms with Crippen molar-refractivity contribution >= 4 is 0 Å². The van der Waals surface area contributed by atoms with E-state index in [2.05, 4.69) is 73.4 Å². The van der Waals surface area contributed by atoms with Crippen LogP contribution in [0.3, 0.4) is 0 Å². The molecule has 3 aliphatic rings. The molecule has 1 aliphatic carbocycles. The van der Waals surface area contributed by atoms with Gasteiger partial charge in [0.15, 0.2) is 0 Å². The first kappa shape index (κ1) is 18.5. The maximum absolute atomic E-state index is 10.5. The highest BCUT2D eigenvalue weighted by Crippen LogP contribution is 2.47. The maximum atomic E-state index is 10.5. The van der Waals surface area contributed by atoms with Crippen LogP contribution in [0.4, 0.5) is 0 Å². The average Bonchev–Trinajstić information content (AvgIpc) is 2.96. The maximum Gasteiger partial charge on any atom is 0.107 e. The van der Waals surface area contributed by atoms with Gasteiger partial charge in [-0.05, 0) is 68.0 Å². The molecule has 0 radical (unpaired) electrons. The first-order chi connectivity index (χ1) is 13.2. The van der Waals surface area contributed by atoms with Crippen molar-refractivity contribution in [2.24, 2.45) is 11.8 Å². The highest BCUT2D eigenvalue weighted by atomic mass is 15.2. The Kier molecular flexibility index (Phi) is 5.24. The van der Waals surface area contributed by atoms with Crippen LogP contribution in [0.2, 0.25) is 0 Å². The molecule has 1 aromatic carbocycles. The van der Waals surface area contributed by atoms with Crippen LogP contribution in [0.5, 0.6) is 0 Å². The predicted molar refractivity (Wildman–Crippen MR) is 111 cm³/mol. The van der Waals surface area contributed by atoms with E-state index >= 15 is 0 Å². The van der Waals surface area contributed by atoms with Gasteiger partial charge in [0.2, 0.25) is 0 Å². The van der Waals surface area contributed by atoms with Gasteiger partial charge in [-0.3, -0.25) is 4.90 Å². The topological polar surface area (TPSA) is 27.0 Å². The van der Waals surface area contributed by atoms with Crippen molar-refractivity contribution in [3.63, 3.8) is 0 Å². The number of piperidine rings is 1. The molecular weight excluding hydrogens is 328 g/mol. The van der Waals surface area contributed by atoms with Gasteiger partial charge in [0.25, 0.3) is 0 Å². The molecule has 5 atom stereocenters. The third-order valence-electron chi connectivity index (χ3n) is 7.21. The highest BCUT2D eigenvalue weighted by molar-refractivity contribution is 5.49. The fourth-order valence-electron chi connectivity index (χ4n) is 5.85. The third kappa shape index (κ3) is 3.39. The van der Waals surface area contributed by atoms with E-state index in [1.54, 1.807) is 0 Å². The summed E-state index contributed by atoms with van der Waals surface area (Å²) < 4.78 is 0. The lowest BCUT2D eigenvalue weighted by Gasteiger charge is -2.41. The zero-order valence-electron chi connectivity index (χ0n) is 16.8. The Morgan fingerprint density at radius 1 is 1.15 bits per heavy atom. The normalized spacial score (nSPS) is 32.6. The fraction of sp³-hybridized carbons (Fsp3) is 0.560. The number of benzene rings is 1. The Morgan fingerprint density at radius 3 is 2.41 bits per heavy atom. The second kappa shape index (κ2) is 7.64. The molecule has 2 aliphatic heterocycles. The average molecular weight is 361 g/mol. The van der Waals surface area contributed by atoms with Gasteiger partial charge in [-0.1, -0.05) is 62.4 Å². The van der Waals surface area contributed by atoms with E-state index in [4.69, 9.17) is 0 Å². The smallest absolute Gasteiger partial charge is 0.107 e. The molecule has 2 bridgehead atoms. The van der Waals surface area contributed by atoms with Crippen molar-refractivity contribution in [1.29, 1.82) is 5.26 Å². The van der Waals surface area contributed by atoms with Gasteiger partial charge in [0, 0.05) is 12.1 Å². The van der Waals surface area contributed by atoms with Gasteiger partial charge >= 0.3 is 0 Å². The molecule has 2 saturated heterocycles. The molecule has 2 heterocycles. The van der Waals surface area contributed by atoms with Crippen LogP contribution in [0, 0.1) is 23.2 Å². The van der Waals surface area contributed by atoms with Gasteiger partial charge in [-0.2, -0.15) is 5.26 Å². The van der Waals surface area contributed by atoms with Crippen molar-refractivity contribution < 1.29 is 0 Å². The van der Waals surface area contributed by atoms with E-state index in [0.717, 1.165) is 24.9 Å². The first-order valence-corrected chi connectivity index (χ1v) is 10.8. The largest absolute Gasteiger partial charge is 0.298 e. The van der Waals surface area contributed by atoms with E-state index in [1.807, 2.05) is 0 Å². The van der Waals surface area contributed by atoms with Crippen LogP contribution in [-0.2, 0) is 5.41 Å². The molecule has 0 amide bonds.